The van der Waals surface area contributed by atoms with Gasteiger partial charge in [-0.3, -0.25) is 0 Å². The average Bonchev–Trinajstić information content (AvgIpc) is 2.49. The summed E-state index contributed by atoms with van der Waals surface area (Å²) < 4.78 is 5.56. The number of ether oxygens (including phenoxy) is 1. The molecule has 0 aromatic carbocycles. The van der Waals surface area contributed by atoms with E-state index in [0.29, 0.717) is 12.0 Å². The van der Waals surface area contributed by atoms with Crippen molar-refractivity contribution >= 4 is 17.4 Å². The lowest BCUT2D eigenvalue weighted by Gasteiger charge is -2.36. The van der Waals surface area contributed by atoms with Crippen molar-refractivity contribution in [1.82, 2.24) is 10.3 Å². The summed E-state index contributed by atoms with van der Waals surface area (Å²) in [7, 11) is 0. The first kappa shape index (κ1) is 16.5. The molecule has 0 spiro atoms. The third-order valence-electron chi connectivity index (χ3n) is 3.78. The monoisotopic (exact) mass is 311 g/mol. The van der Waals surface area contributed by atoms with Crippen molar-refractivity contribution < 1.29 is 4.74 Å². The number of nitrogens with one attached hydrogen (secondary N) is 1. The molecule has 1 aliphatic heterocycles. The molecule has 0 radical (unpaired) electrons. The smallest absolute Gasteiger partial charge is 0.129 e. The van der Waals surface area contributed by atoms with Crippen molar-refractivity contribution in [1.29, 1.82) is 0 Å². The minimum absolute atomic E-state index is 0.406. The molecule has 1 saturated heterocycles. The van der Waals surface area contributed by atoms with Gasteiger partial charge in [0.05, 0.1) is 24.3 Å². The first-order valence-corrected chi connectivity index (χ1v) is 8.19. The van der Waals surface area contributed by atoms with Crippen molar-refractivity contribution in [3.05, 3.63) is 22.8 Å². The van der Waals surface area contributed by atoms with Crippen LogP contribution < -0.4 is 10.2 Å². The van der Waals surface area contributed by atoms with Crippen LogP contribution in [0.1, 0.15) is 32.8 Å². The summed E-state index contributed by atoms with van der Waals surface area (Å²) in [6.07, 6.45) is 2.83. The lowest BCUT2D eigenvalue weighted by atomic mass is 10.1. The van der Waals surface area contributed by atoms with Gasteiger partial charge in [0.25, 0.3) is 0 Å². The van der Waals surface area contributed by atoms with E-state index in [0.717, 1.165) is 55.7 Å². The van der Waals surface area contributed by atoms with Crippen molar-refractivity contribution in [2.24, 2.45) is 5.92 Å². The van der Waals surface area contributed by atoms with Gasteiger partial charge in [-0.25, -0.2) is 4.98 Å². The van der Waals surface area contributed by atoms with Crippen LogP contribution in [0, 0.1) is 5.92 Å². The van der Waals surface area contributed by atoms with Crippen molar-refractivity contribution in [2.45, 2.75) is 39.8 Å². The number of morpholine rings is 1. The van der Waals surface area contributed by atoms with Gasteiger partial charge < -0.3 is 15.0 Å². The number of nitrogens with zero attached hydrogens (tertiary/aromatic N) is 2. The highest BCUT2D eigenvalue weighted by atomic mass is 35.5. The third kappa shape index (κ3) is 4.56. The molecule has 0 saturated carbocycles. The highest BCUT2D eigenvalue weighted by Gasteiger charge is 2.23. The summed E-state index contributed by atoms with van der Waals surface area (Å²) in [6, 6.07) is 2.52. The maximum atomic E-state index is 6.28. The molecule has 1 aliphatic rings. The van der Waals surface area contributed by atoms with Crippen LogP contribution in [0.2, 0.25) is 5.02 Å². The van der Waals surface area contributed by atoms with Gasteiger partial charge >= 0.3 is 0 Å². The number of aromatic nitrogens is 1. The zero-order valence-corrected chi connectivity index (χ0v) is 14.0. The molecule has 2 heterocycles. The van der Waals surface area contributed by atoms with Gasteiger partial charge in [-0.05, 0) is 30.5 Å². The maximum Gasteiger partial charge on any atom is 0.129 e. The van der Waals surface area contributed by atoms with Crippen LogP contribution in [0.15, 0.2) is 12.3 Å². The number of halogens is 1. The van der Waals surface area contributed by atoms with Crippen LogP contribution >= 0.6 is 11.6 Å². The molecular weight excluding hydrogens is 286 g/mol. The fraction of sp³-hybridized carbons (Fsp3) is 0.688. The lowest BCUT2D eigenvalue weighted by molar-refractivity contribution is 0.0925. The predicted molar refractivity (Wildman–Crippen MR) is 88.0 cm³/mol. The molecular formula is C16H26ClN3O. The van der Waals surface area contributed by atoms with E-state index in [1.807, 2.05) is 0 Å². The molecule has 0 aliphatic carbocycles. The quantitative estimate of drug-likeness (QED) is 0.876. The highest BCUT2D eigenvalue weighted by Crippen LogP contribution is 2.24. The van der Waals surface area contributed by atoms with Crippen LogP contribution in [0.5, 0.6) is 0 Å². The molecule has 1 fully saturated rings. The Morgan fingerprint density at radius 2 is 2.33 bits per heavy atom. The van der Waals surface area contributed by atoms with Gasteiger partial charge in [0.15, 0.2) is 0 Å². The molecule has 0 bridgehead atoms. The van der Waals surface area contributed by atoms with Gasteiger partial charge in [-0.2, -0.15) is 0 Å². The van der Waals surface area contributed by atoms with E-state index in [1.54, 1.807) is 6.20 Å². The molecule has 2 rings (SSSR count). The first-order chi connectivity index (χ1) is 10.1. The normalized spacial score (nSPS) is 19.3. The number of rotatable bonds is 6. The van der Waals surface area contributed by atoms with E-state index < -0.39 is 0 Å². The summed E-state index contributed by atoms with van der Waals surface area (Å²) >= 11 is 6.28. The summed E-state index contributed by atoms with van der Waals surface area (Å²) in [5.41, 5.74) is 1.11. The second-order valence-corrected chi connectivity index (χ2v) is 6.40. The predicted octanol–water partition coefficient (Wildman–Crippen LogP) is 3.10. The largest absolute Gasteiger partial charge is 0.377 e. The molecule has 4 nitrogen and oxygen atoms in total. The molecule has 1 N–H and O–H groups in total. The number of hydrogen-bond acceptors (Lipinski definition) is 4. The van der Waals surface area contributed by atoms with Crippen LogP contribution in [0.25, 0.3) is 0 Å². The first-order valence-electron chi connectivity index (χ1n) is 7.81. The van der Waals surface area contributed by atoms with E-state index in [2.05, 4.69) is 42.0 Å². The van der Waals surface area contributed by atoms with Crippen LogP contribution in [0.4, 0.5) is 5.82 Å². The van der Waals surface area contributed by atoms with Crippen LogP contribution in [-0.2, 0) is 11.3 Å². The lowest BCUT2D eigenvalue weighted by Crippen LogP contribution is -2.45. The number of pyridine rings is 1. The van der Waals surface area contributed by atoms with Gasteiger partial charge in [-0.1, -0.05) is 32.4 Å². The van der Waals surface area contributed by atoms with Gasteiger partial charge in [0.2, 0.25) is 0 Å². The maximum absolute atomic E-state index is 6.28. The zero-order valence-electron chi connectivity index (χ0n) is 13.2. The second kappa shape index (κ2) is 7.97. The Kier molecular flexibility index (Phi) is 6.27. The summed E-state index contributed by atoms with van der Waals surface area (Å²) in [4.78, 5) is 6.85. The molecule has 0 amide bonds. The Balaban J connectivity index is 2.09. The van der Waals surface area contributed by atoms with Gasteiger partial charge in [-0.15, -0.1) is 0 Å². The van der Waals surface area contributed by atoms with E-state index in [9.17, 15) is 0 Å². The summed E-state index contributed by atoms with van der Waals surface area (Å²) in [6.45, 7) is 10.8. The van der Waals surface area contributed by atoms with Crippen LogP contribution in [-0.4, -0.2) is 37.3 Å². The van der Waals surface area contributed by atoms with Gasteiger partial charge in [0, 0.05) is 19.3 Å². The highest BCUT2D eigenvalue weighted by molar-refractivity contribution is 6.31. The number of hydrogen-bond donors (Lipinski definition) is 1. The number of anilines is 1. The van der Waals surface area contributed by atoms with E-state index in [4.69, 9.17) is 16.3 Å². The van der Waals surface area contributed by atoms with Crippen molar-refractivity contribution in [3.63, 3.8) is 0 Å². The van der Waals surface area contributed by atoms with E-state index in [-0.39, 0.29) is 0 Å². The van der Waals surface area contributed by atoms with Crippen molar-refractivity contribution in [2.75, 3.05) is 31.2 Å². The van der Waals surface area contributed by atoms with E-state index in [1.165, 1.54) is 0 Å². The average molecular weight is 312 g/mol. The topological polar surface area (TPSA) is 37.4 Å². The van der Waals surface area contributed by atoms with Gasteiger partial charge in [0.1, 0.15) is 5.82 Å². The molecule has 118 valence electrons. The molecule has 5 heteroatoms. The Morgan fingerprint density at radius 3 is 3.05 bits per heavy atom. The zero-order chi connectivity index (χ0) is 15.2. The minimum atomic E-state index is 0.406. The summed E-state index contributed by atoms with van der Waals surface area (Å²) in [5.74, 6) is 1.64. The third-order valence-corrected chi connectivity index (χ3v) is 4.12. The Bertz CT molecular complexity index is 453. The molecule has 1 aromatic rings. The van der Waals surface area contributed by atoms with Crippen LogP contribution in [0.3, 0.4) is 0 Å². The minimum Gasteiger partial charge on any atom is -0.377 e. The summed E-state index contributed by atoms with van der Waals surface area (Å²) in [5, 5.41) is 4.17. The Morgan fingerprint density at radius 1 is 1.52 bits per heavy atom. The molecule has 1 aromatic heterocycles. The fourth-order valence-electron chi connectivity index (χ4n) is 2.55. The molecule has 1 atom stereocenters. The SMILES string of the molecule is CCC1COCCN1c1cc(CNCC(C)C)c(Cl)cn1. The Hall–Kier alpha value is -0.840. The second-order valence-electron chi connectivity index (χ2n) is 5.99. The Labute approximate surface area is 132 Å². The molecule has 21 heavy (non-hydrogen) atoms. The standard InChI is InChI=1S/C16H26ClN3O/c1-4-14-11-21-6-5-20(14)16-7-13(15(17)10-19-16)9-18-8-12(2)3/h7,10,12,14,18H,4-6,8-9,11H2,1-3H3. The van der Waals surface area contributed by atoms with E-state index >= 15 is 0 Å². The van der Waals surface area contributed by atoms with Crippen molar-refractivity contribution in [3.8, 4) is 0 Å². The fourth-order valence-corrected chi connectivity index (χ4v) is 2.72. The molecule has 1 unspecified atom stereocenters.